The first-order chi connectivity index (χ1) is 5.86. The van der Waals surface area contributed by atoms with E-state index in [4.69, 9.17) is 11.5 Å². The normalized spacial score (nSPS) is 20.7. The minimum Gasteiger partial charge on any atom is -0.395 e. The maximum atomic E-state index is 8.71. The van der Waals surface area contributed by atoms with Crippen LogP contribution in [-0.4, -0.2) is 36.2 Å². The van der Waals surface area contributed by atoms with Crippen LogP contribution in [0.1, 0.15) is 19.3 Å². The minimum absolute atomic E-state index is 0.278. The van der Waals surface area contributed by atoms with Crippen LogP contribution in [0.4, 0.5) is 0 Å². The molecule has 68 valence electrons. The molecule has 1 heterocycles. The van der Waals surface area contributed by atoms with Crippen LogP contribution in [0, 0.1) is 18.3 Å². The topological polar surface area (TPSA) is 23.5 Å². The lowest BCUT2D eigenvalue weighted by atomic mass is 9.94. The predicted molar refractivity (Wildman–Crippen MR) is 49.7 cm³/mol. The van der Waals surface area contributed by atoms with Crippen LogP contribution in [0.3, 0.4) is 0 Å². The molecule has 0 spiro atoms. The van der Waals surface area contributed by atoms with Crippen molar-refractivity contribution in [3.05, 3.63) is 0 Å². The summed E-state index contributed by atoms with van der Waals surface area (Å²) >= 11 is 0. The van der Waals surface area contributed by atoms with E-state index >= 15 is 0 Å². The van der Waals surface area contributed by atoms with E-state index in [1.54, 1.807) is 0 Å². The maximum Gasteiger partial charge on any atom is 0.0558 e. The molecule has 2 heteroatoms. The lowest BCUT2D eigenvalue weighted by Crippen LogP contribution is -2.35. The van der Waals surface area contributed by atoms with Crippen molar-refractivity contribution in [1.82, 2.24) is 4.90 Å². The zero-order valence-electron chi connectivity index (χ0n) is 7.50. The fraction of sp³-hybridized carbons (Fsp3) is 0.800. The molecule has 1 aliphatic heterocycles. The Bertz CT molecular complexity index is 154. The van der Waals surface area contributed by atoms with Crippen molar-refractivity contribution in [3.8, 4) is 12.3 Å². The van der Waals surface area contributed by atoms with Crippen LogP contribution >= 0.6 is 0 Å². The smallest absolute Gasteiger partial charge is 0.0558 e. The van der Waals surface area contributed by atoms with E-state index < -0.39 is 0 Å². The molecule has 0 atom stereocenters. The molecular formula is C10H17NO. The molecule has 0 aliphatic carbocycles. The summed E-state index contributed by atoms with van der Waals surface area (Å²) in [6, 6.07) is 0. The second kappa shape index (κ2) is 5.18. The van der Waals surface area contributed by atoms with Crippen LogP contribution in [0.2, 0.25) is 0 Å². The van der Waals surface area contributed by atoms with Crippen molar-refractivity contribution in [3.63, 3.8) is 0 Å². The predicted octanol–water partition coefficient (Wildman–Crippen LogP) is 0.714. The Morgan fingerprint density at radius 1 is 1.42 bits per heavy atom. The molecule has 1 fully saturated rings. The van der Waals surface area contributed by atoms with E-state index in [2.05, 4.69) is 10.8 Å². The van der Waals surface area contributed by atoms with Gasteiger partial charge in [0.1, 0.15) is 0 Å². The van der Waals surface area contributed by atoms with Gasteiger partial charge in [-0.3, -0.25) is 0 Å². The Balaban J connectivity index is 2.16. The third-order valence-corrected chi connectivity index (χ3v) is 2.53. The number of aliphatic hydroxyl groups excluding tert-OH is 1. The van der Waals surface area contributed by atoms with Gasteiger partial charge in [-0.05, 0) is 31.8 Å². The number of nitrogens with zero attached hydrogens (tertiary/aromatic N) is 1. The quantitative estimate of drug-likeness (QED) is 0.626. The van der Waals surface area contributed by atoms with E-state index in [1.165, 1.54) is 12.8 Å². The van der Waals surface area contributed by atoms with Gasteiger partial charge >= 0.3 is 0 Å². The molecule has 1 rings (SSSR count). The van der Waals surface area contributed by atoms with Crippen LogP contribution in [-0.2, 0) is 0 Å². The fourth-order valence-corrected chi connectivity index (χ4v) is 1.72. The Kier molecular flexibility index (Phi) is 4.13. The first kappa shape index (κ1) is 9.57. The maximum absolute atomic E-state index is 8.71. The summed E-state index contributed by atoms with van der Waals surface area (Å²) in [6.07, 6.45) is 8.57. The molecule has 0 saturated carbocycles. The van der Waals surface area contributed by atoms with Crippen molar-refractivity contribution in [2.75, 3.05) is 26.2 Å². The molecule has 1 aliphatic rings. The van der Waals surface area contributed by atoms with Gasteiger partial charge < -0.3 is 10.0 Å². The molecule has 0 amide bonds. The fourth-order valence-electron chi connectivity index (χ4n) is 1.72. The van der Waals surface area contributed by atoms with E-state index in [0.29, 0.717) is 0 Å². The van der Waals surface area contributed by atoms with Gasteiger partial charge in [-0.1, -0.05) is 0 Å². The zero-order chi connectivity index (χ0) is 8.81. The van der Waals surface area contributed by atoms with Crippen molar-refractivity contribution < 1.29 is 5.11 Å². The molecule has 2 nitrogen and oxygen atoms in total. The number of hydrogen-bond acceptors (Lipinski definition) is 2. The summed E-state index contributed by atoms with van der Waals surface area (Å²) in [5.41, 5.74) is 0. The number of piperidine rings is 1. The van der Waals surface area contributed by atoms with Gasteiger partial charge in [0.2, 0.25) is 0 Å². The summed E-state index contributed by atoms with van der Waals surface area (Å²) in [5.74, 6) is 3.44. The highest BCUT2D eigenvalue weighted by Crippen LogP contribution is 2.19. The zero-order valence-corrected chi connectivity index (χ0v) is 7.50. The Hall–Kier alpha value is -0.520. The number of terminal acetylenes is 1. The summed E-state index contributed by atoms with van der Waals surface area (Å²) in [6.45, 7) is 3.31. The molecular weight excluding hydrogens is 150 g/mol. The van der Waals surface area contributed by atoms with Crippen molar-refractivity contribution >= 4 is 0 Å². The molecule has 0 bridgehead atoms. The second-order valence-electron chi connectivity index (χ2n) is 3.42. The highest BCUT2D eigenvalue weighted by atomic mass is 16.3. The van der Waals surface area contributed by atoms with E-state index in [1.807, 2.05) is 0 Å². The first-order valence-corrected chi connectivity index (χ1v) is 4.63. The van der Waals surface area contributed by atoms with Crippen LogP contribution in [0.15, 0.2) is 0 Å². The molecule has 0 aromatic carbocycles. The third-order valence-electron chi connectivity index (χ3n) is 2.53. The van der Waals surface area contributed by atoms with Gasteiger partial charge in [0.15, 0.2) is 0 Å². The average molecular weight is 167 g/mol. The van der Waals surface area contributed by atoms with Gasteiger partial charge in [0.05, 0.1) is 6.61 Å². The van der Waals surface area contributed by atoms with Crippen LogP contribution < -0.4 is 0 Å². The average Bonchev–Trinajstić information content (AvgIpc) is 2.09. The van der Waals surface area contributed by atoms with Crippen molar-refractivity contribution in [2.45, 2.75) is 19.3 Å². The molecule has 0 unspecified atom stereocenters. The monoisotopic (exact) mass is 167 g/mol. The highest BCUT2D eigenvalue weighted by Gasteiger charge is 2.17. The first-order valence-electron chi connectivity index (χ1n) is 4.63. The second-order valence-corrected chi connectivity index (χ2v) is 3.42. The Labute approximate surface area is 74.6 Å². The van der Waals surface area contributed by atoms with Gasteiger partial charge in [-0.15, -0.1) is 12.3 Å². The van der Waals surface area contributed by atoms with Gasteiger partial charge in [0, 0.05) is 13.0 Å². The highest BCUT2D eigenvalue weighted by molar-refractivity contribution is 4.88. The van der Waals surface area contributed by atoms with Crippen LogP contribution in [0.25, 0.3) is 0 Å². The molecule has 0 aromatic rings. The largest absolute Gasteiger partial charge is 0.395 e. The van der Waals surface area contributed by atoms with Gasteiger partial charge in [0.25, 0.3) is 0 Å². The van der Waals surface area contributed by atoms with E-state index in [0.717, 1.165) is 32.0 Å². The summed E-state index contributed by atoms with van der Waals surface area (Å²) in [5, 5.41) is 8.71. The Morgan fingerprint density at radius 2 is 2.08 bits per heavy atom. The van der Waals surface area contributed by atoms with E-state index in [9.17, 15) is 0 Å². The molecule has 0 radical (unpaired) electrons. The number of hydrogen-bond donors (Lipinski definition) is 1. The third kappa shape index (κ3) is 2.84. The van der Waals surface area contributed by atoms with Crippen molar-refractivity contribution in [2.24, 2.45) is 5.92 Å². The lowest BCUT2D eigenvalue weighted by molar-refractivity contribution is 0.149. The molecule has 1 saturated heterocycles. The Morgan fingerprint density at radius 3 is 2.58 bits per heavy atom. The summed E-state index contributed by atoms with van der Waals surface area (Å²) in [4.78, 5) is 2.30. The summed E-state index contributed by atoms with van der Waals surface area (Å²) in [7, 11) is 0. The summed E-state index contributed by atoms with van der Waals surface area (Å²) < 4.78 is 0. The number of β-amino-alcohol motifs (C(OH)–C–C–N with tert-alkyl or cyclic N) is 1. The van der Waals surface area contributed by atoms with E-state index in [-0.39, 0.29) is 6.61 Å². The minimum atomic E-state index is 0.278. The van der Waals surface area contributed by atoms with Gasteiger partial charge in [-0.25, -0.2) is 0 Å². The van der Waals surface area contributed by atoms with Crippen molar-refractivity contribution in [1.29, 1.82) is 0 Å². The standard InChI is InChI=1S/C10H17NO/c1-2-3-10-4-6-11(7-5-10)8-9-12/h1,10,12H,3-9H2. The molecule has 12 heavy (non-hydrogen) atoms. The number of likely N-dealkylation sites (tertiary alicyclic amines) is 1. The lowest BCUT2D eigenvalue weighted by Gasteiger charge is -2.30. The number of aliphatic hydroxyl groups is 1. The molecule has 0 aromatic heterocycles. The van der Waals surface area contributed by atoms with Gasteiger partial charge in [-0.2, -0.15) is 0 Å². The number of rotatable bonds is 3. The molecule has 1 N–H and O–H groups in total. The SMILES string of the molecule is C#CCC1CCN(CCO)CC1. The van der Waals surface area contributed by atoms with Crippen LogP contribution in [0.5, 0.6) is 0 Å².